The maximum Gasteiger partial charge on any atom is 0.220 e. The van der Waals surface area contributed by atoms with Crippen molar-refractivity contribution < 1.29 is 4.79 Å². The van der Waals surface area contributed by atoms with Crippen LogP contribution in [0.3, 0.4) is 0 Å². The Hall–Kier alpha value is -1.35. The van der Waals surface area contributed by atoms with Crippen LogP contribution in [0.5, 0.6) is 0 Å². The standard InChI is InChI=1S/C18H28N2O/c19-16-11-13-17(14-12-16)20-18(21)10-6-2-5-9-15-7-3-1-4-8-15/h1,3-4,7-8,16-17H,2,5-6,9-14,19H2,(H,20,21). The lowest BCUT2D eigenvalue weighted by molar-refractivity contribution is -0.122. The van der Waals surface area contributed by atoms with Gasteiger partial charge >= 0.3 is 0 Å². The van der Waals surface area contributed by atoms with Gasteiger partial charge in [0.05, 0.1) is 0 Å². The molecule has 1 aromatic rings. The highest BCUT2D eigenvalue weighted by atomic mass is 16.1. The zero-order valence-corrected chi connectivity index (χ0v) is 12.9. The van der Waals surface area contributed by atoms with Gasteiger partial charge in [0, 0.05) is 18.5 Å². The van der Waals surface area contributed by atoms with Crippen LogP contribution in [0.2, 0.25) is 0 Å². The first kappa shape index (κ1) is 16.0. The minimum atomic E-state index is 0.218. The minimum Gasteiger partial charge on any atom is -0.353 e. The molecule has 1 aromatic carbocycles. The molecule has 0 aromatic heterocycles. The number of hydrogen-bond acceptors (Lipinski definition) is 2. The molecule has 21 heavy (non-hydrogen) atoms. The Labute approximate surface area is 128 Å². The van der Waals surface area contributed by atoms with Gasteiger partial charge in [0.1, 0.15) is 0 Å². The van der Waals surface area contributed by atoms with Gasteiger partial charge in [-0.3, -0.25) is 4.79 Å². The van der Waals surface area contributed by atoms with Gasteiger partial charge in [-0.1, -0.05) is 36.8 Å². The molecule has 3 heteroatoms. The topological polar surface area (TPSA) is 55.1 Å². The van der Waals surface area contributed by atoms with Crippen LogP contribution in [0.4, 0.5) is 0 Å². The molecule has 0 bridgehead atoms. The van der Waals surface area contributed by atoms with Gasteiger partial charge in [-0.05, 0) is 50.5 Å². The van der Waals surface area contributed by atoms with Crippen molar-refractivity contribution in [2.24, 2.45) is 5.73 Å². The summed E-state index contributed by atoms with van der Waals surface area (Å²) >= 11 is 0. The fourth-order valence-electron chi connectivity index (χ4n) is 3.00. The molecule has 0 radical (unpaired) electrons. The van der Waals surface area contributed by atoms with E-state index in [1.807, 2.05) is 6.07 Å². The molecule has 1 amide bonds. The maximum atomic E-state index is 11.9. The summed E-state index contributed by atoms with van der Waals surface area (Å²) in [6.45, 7) is 0. The molecule has 0 atom stereocenters. The predicted molar refractivity (Wildman–Crippen MR) is 87.0 cm³/mol. The first-order chi connectivity index (χ1) is 10.2. The SMILES string of the molecule is NC1CCC(NC(=O)CCCCCc2ccccc2)CC1. The molecular formula is C18H28N2O. The van der Waals surface area contributed by atoms with Gasteiger partial charge in [-0.25, -0.2) is 0 Å². The van der Waals surface area contributed by atoms with E-state index in [9.17, 15) is 4.79 Å². The van der Waals surface area contributed by atoms with Gasteiger partial charge < -0.3 is 11.1 Å². The van der Waals surface area contributed by atoms with E-state index in [-0.39, 0.29) is 5.91 Å². The molecule has 1 fully saturated rings. The number of nitrogens with one attached hydrogen (secondary N) is 1. The van der Waals surface area contributed by atoms with Crippen LogP contribution in [-0.4, -0.2) is 18.0 Å². The molecule has 1 aliphatic rings. The third-order valence-corrected chi connectivity index (χ3v) is 4.35. The van der Waals surface area contributed by atoms with Crippen LogP contribution in [0, 0.1) is 0 Å². The number of amides is 1. The van der Waals surface area contributed by atoms with Crippen molar-refractivity contribution in [3.8, 4) is 0 Å². The Morgan fingerprint density at radius 2 is 1.76 bits per heavy atom. The van der Waals surface area contributed by atoms with Crippen LogP contribution in [-0.2, 0) is 11.2 Å². The van der Waals surface area contributed by atoms with Gasteiger partial charge in [0.2, 0.25) is 5.91 Å². The first-order valence-electron chi connectivity index (χ1n) is 8.33. The highest BCUT2D eigenvalue weighted by molar-refractivity contribution is 5.76. The Balaban J connectivity index is 1.51. The lowest BCUT2D eigenvalue weighted by Crippen LogP contribution is -2.40. The summed E-state index contributed by atoms with van der Waals surface area (Å²) < 4.78 is 0. The van der Waals surface area contributed by atoms with E-state index >= 15 is 0 Å². The summed E-state index contributed by atoms with van der Waals surface area (Å²) in [4.78, 5) is 11.9. The van der Waals surface area contributed by atoms with Crippen LogP contribution < -0.4 is 11.1 Å². The highest BCUT2D eigenvalue weighted by Gasteiger charge is 2.19. The summed E-state index contributed by atoms with van der Waals surface area (Å²) in [7, 11) is 0. The molecular weight excluding hydrogens is 260 g/mol. The van der Waals surface area contributed by atoms with Crippen LogP contribution >= 0.6 is 0 Å². The predicted octanol–water partition coefficient (Wildman–Crippen LogP) is 3.18. The Kier molecular flexibility index (Phi) is 6.74. The van der Waals surface area contributed by atoms with Crippen molar-refractivity contribution >= 4 is 5.91 Å². The molecule has 0 spiro atoms. The van der Waals surface area contributed by atoms with E-state index in [2.05, 4.69) is 29.6 Å². The summed E-state index contributed by atoms with van der Waals surface area (Å²) in [5.41, 5.74) is 7.27. The summed E-state index contributed by atoms with van der Waals surface area (Å²) in [5, 5.41) is 3.15. The zero-order valence-electron chi connectivity index (χ0n) is 12.9. The van der Waals surface area contributed by atoms with E-state index < -0.39 is 0 Å². The van der Waals surface area contributed by atoms with Crippen molar-refractivity contribution in [2.75, 3.05) is 0 Å². The maximum absolute atomic E-state index is 11.9. The van der Waals surface area contributed by atoms with Crippen LogP contribution in [0.15, 0.2) is 30.3 Å². The van der Waals surface area contributed by atoms with E-state index in [1.165, 1.54) is 5.56 Å². The van der Waals surface area contributed by atoms with E-state index in [4.69, 9.17) is 5.73 Å². The number of carbonyl (C=O) groups is 1. The second kappa shape index (κ2) is 8.83. The average molecular weight is 288 g/mol. The molecule has 116 valence electrons. The number of rotatable bonds is 7. The first-order valence-corrected chi connectivity index (χ1v) is 8.33. The van der Waals surface area contributed by atoms with Crippen LogP contribution in [0.25, 0.3) is 0 Å². The quantitative estimate of drug-likeness (QED) is 0.757. The molecule has 2 rings (SSSR count). The molecule has 0 aliphatic heterocycles. The number of benzene rings is 1. The Morgan fingerprint density at radius 3 is 2.48 bits per heavy atom. The summed E-state index contributed by atoms with van der Waals surface area (Å²) in [6.07, 6.45) is 9.23. The number of hydrogen-bond donors (Lipinski definition) is 2. The monoisotopic (exact) mass is 288 g/mol. The third kappa shape index (κ3) is 6.30. The highest BCUT2D eigenvalue weighted by Crippen LogP contribution is 2.17. The normalized spacial score (nSPS) is 22.0. The number of aryl methyl sites for hydroxylation is 1. The van der Waals surface area contributed by atoms with Gasteiger partial charge in [-0.2, -0.15) is 0 Å². The second-order valence-corrected chi connectivity index (χ2v) is 6.23. The molecule has 1 aliphatic carbocycles. The Bertz CT molecular complexity index is 410. The summed E-state index contributed by atoms with van der Waals surface area (Å²) in [5.74, 6) is 0.218. The molecule has 3 nitrogen and oxygen atoms in total. The fraction of sp³-hybridized carbons (Fsp3) is 0.611. The third-order valence-electron chi connectivity index (χ3n) is 4.35. The van der Waals surface area contributed by atoms with Gasteiger partial charge in [0.15, 0.2) is 0 Å². The van der Waals surface area contributed by atoms with Gasteiger partial charge in [-0.15, -0.1) is 0 Å². The number of unbranched alkanes of at least 4 members (excludes halogenated alkanes) is 2. The molecule has 0 saturated heterocycles. The largest absolute Gasteiger partial charge is 0.353 e. The second-order valence-electron chi connectivity index (χ2n) is 6.23. The average Bonchev–Trinajstić information content (AvgIpc) is 2.50. The molecule has 0 unspecified atom stereocenters. The molecule has 1 saturated carbocycles. The fourth-order valence-corrected chi connectivity index (χ4v) is 3.00. The van der Waals surface area contributed by atoms with E-state index in [1.54, 1.807) is 0 Å². The molecule has 0 heterocycles. The van der Waals surface area contributed by atoms with Crippen molar-refractivity contribution in [3.05, 3.63) is 35.9 Å². The van der Waals surface area contributed by atoms with Gasteiger partial charge in [0.25, 0.3) is 0 Å². The van der Waals surface area contributed by atoms with Crippen molar-refractivity contribution in [1.29, 1.82) is 0 Å². The van der Waals surface area contributed by atoms with Crippen molar-refractivity contribution in [3.63, 3.8) is 0 Å². The number of carbonyl (C=O) groups excluding carboxylic acids is 1. The van der Waals surface area contributed by atoms with Crippen molar-refractivity contribution in [2.45, 2.75) is 69.9 Å². The lowest BCUT2D eigenvalue weighted by atomic mass is 9.92. The number of nitrogens with two attached hydrogens (primary N) is 1. The smallest absolute Gasteiger partial charge is 0.220 e. The molecule has 3 N–H and O–H groups in total. The van der Waals surface area contributed by atoms with E-state index in [0.29, 0.717) is 18.5 Å². The van der Waals surface area contributed by atoms with E-state index in [0.717, 1.165) is 51.4 Å². The lowest BCUT2D eigenvalue weighted by Gasteiger charge is -2.26. The minimum absolute atomic E-state index is 0.218. The Morgan fingerprint density at radius 1 is 1.05 bits per heavy atom. The van der Waals surface area contributed by atoms with Crippen molar-refractivity contribution in [1.82, 2.24) is 5.32 Å². The zero-order chi connectivity index (χ0) is 14.9. The van der Waals surface area contributed by atoms with Crippen LogP contribution in [0.1, 0.15) is 56.9 Å². The summed E-state index contributed by atoms with van der Waals surface area (Å²) in [6, 6.07) is 11.3.